The molecule has 2 aliphatic heterocycles. The van der Waals surface area contributed by atoms with Crippen LogP contribution in [0.3, 0.4) is 0 Å². The monoisotopic (exact) mass is 339 g/mol. The van der Waals surface area contributed by atoms with Crippen molar-refractivity contribution < 1.29 is 19.1 Å². The molecule has 25 heavy (non-hydrogen) atoms. The van der Waals surface area contributed by atoms with E-state index in [9.17, 15) is 9.59 Å². The summed E-state index contributed by atoms with van der Waals surface area (Å²) in [5, 5.41) is 4.12. The Morgan fingerprint density at radius 3 is 2.68 bits per heavy atom. The third-order valence-electron chi connectivity index (χ3n) is 4.26. The number of aromatic nitrogens is 1. The third-order valence-corrected chi connectivity index (χ3v) is 4.26. The van der Waals surface area contributed by atoms with Gasteiger partial charge in [-0.3, -0.25) is 9.88 Å². The highest BCUT2D eigenvalue weighted by Gasteiger charge is 2.47. The van der Waals surface area contributed by atoms with Gasteiger partial charge < -0.3 is 14.8 Å². The maximum Gasteiger partial charge on any atom is 0.356 e. The Kier molecular flexibility index (Phi) is 3.85. The van der Waals surface area contributed by atoms with Gasteiger partial charge in [-0.1, -0.05) is 18.2 Å². The smallest absolute Gasteiger partial charge is 0.356 e. The third kappa shape index (κ3) is 2.94. The lowest BCUT2D eigenvalue weighted by atomic mass is 10.2. The molecule has 0 amide bonds. The molecule has 1 aromatic heterocycles. The normalized spacial score (nSPS) is 20.1. The lowest BCUT2D eigenvalue weighted by Crippen LogP contribution is -2.58. The van der Waals surface area contributed by atoms with E-state index in [4.69, 9.17) is 9.47 Å². The number of nitrogens with one attached hydrogen (secondary N) is 1. The van der Waals surface area contributed by atoms with Gasteiger partial charge in [0.15, 0.2) is 0 Å². The zero-order chi connectivity index (χ0) is 17.3. The zero-order valence-electron chi connectivity index (χ0n) is 13.5. The number of ether oxygens (including phenoxy) is 2. The fourth-order valence-electron chi connectivity index (χ4n) is 3.13. The molecule has 0 radical (unpaired) electrons. The second-order valence-electron chi connectivity index (χ2n) is 5.96. The van der Waals surface area contributed by atoms with Gasteiger partial charge in [-0.05, 0) is 25.1 Å². The Morgan fingerprint density at radius 1 is 1.12 bits per heavy atom. The number of hydrogen-bond acceptors (Lipinski definition) is 7. The molecule has 1 aromatic carbocycles. The number of nitrogens with zero attached hydrogens (tertiary/aromatic N) is 2. The zero-order valence-corrected chi connectivity index (χ0v) is 13.5. The molecule has 0 unspecified atom stereocenters. The first-order chi connectivity index (χ1) is 12.2. The molecule has 1 N–H and O–H groups in total. The van der Waals surface area contributed by atoms with Crippen molar-refractivity contribution in [3.8, 4) is 0 Å². The number of pyridine rings is 1. The summed E-state index contributed by atoms with van der Waals surface area (Å²) >= 11 is 0. The lowest BCUT2D eigenvalue weighted by molar-refractivity contribution is -0.217. The Hall–Kier alpha value is -2.93. The Morgan fingerprint density at radius 2 is 1.88 bits per heavy atom. The molecule has 2 aromatic rings. The van der Waals surface area contributed by atoms with Gasteiger partial charge in [0, 0.05) is 24.1 Å². The van der Waals surface area contributed by atoms with Crippen LogP contribution in [0.5, 0.6) is 0 Å². The van der Waals surface area contributed by atoms with E-state index in [1.807, 2.05) is 30.3 Å². The predicted octanol–water partition coefficient (Wildman–Crippen LogP) is 1.34. The van der Waals surface area contributed by atoms with E-state index >= 15 is 0 Å². The van der Waals surface area contributed by atoms with E-state index in [2.05, 4.69) is 10.3 Å². The van der Waals surface area contributed by atoms with Crippen LogP contribution in [0, 0.1) is 0 Å². The second-order valence-corrected chi connectivity index (χ2v) is 5.96. The molecule has 1 saturated heterocycles. The van der Waals surface area contributed by atoms with Gasteiger partial charge in [0.1, 0.15) is 0 Å². The number of carbonyl (C=O) groups is 2. The number of fused-ring (bicyclic) bond motifs is 1. The number of benzene rings is 1. The average Bonchev–Trinajstić information content (AvgIpc) is 2.90. The van der Waals surface area contributed by atoms with Gasteiger partial charge in [0.05, 0.1) is 23.9 Å². The quantitative estimate of drug-likeness (QED) is 0.785. The maximum atomic E-state index is 12.0. The summed E-state index contributed by atoms with van der Waals surface area (Å²) in [6.07, 6.45) is 4.67. The summed E-state index contributed by atoms with van der Waals surface area (Å²) in [7, 11) is 0. The van der Waals surface area contributed by atoms with E-state index in [1.54, 1.807) is 11.1 Å². The summed E-state index contributed by atoms with van der Waals surface area (Å²) in [5.74, 6) is -2.76. The molecular formula is C18H17N3O4. The molecule has 7 nitrogen and oxygen atoms in total. The summed E-state index contributed by atoms with van der Waals surface area (Å²) < 4.78 is 11.1. The van der Waals surface area contributed by atoms with Crippen molar-refractivity contribution in [3.63, 3.8) is 0 Å². The minimum Gasteiger partial charge on any atom is -0.399 e. The fourth-order valence-corrected chi connectivity index (χ4v) is 3.13. The number of carbonyl (C=O) groups excluding carboxylic acids is 2. The van der Waals surface area contributed by atoms with Crippen molar-refractivity contribution in [2.45, 2.75) is 12.3 Å². The van der Waals surface area contributed by atoms with E-state index in [1.165, 1.54) is 0 Å². The van der Waals surface area contributed by atoms with E-state index < -0.39 is 17.8 Å². The second kappa shape index (κ2) is 6.18. The number of anilines is 1. The van der Waals surface area contributed by atoms with Crippen molar-refractivity contribution >= 4 is 28.5 Å². The van der Waals surface area contributed by atoms with Crippen molar-refractivity contribution in [3.05, 3.63) is 48.7 Å². The van der Waals surface area contributed by atoms with E-state index in [0.29, 0.717) is 6.54 Å². The van der Waals surface area contributed by atoms with Crippen LogP contribution in [0.2, 0.25) is 0 Å². The molecule has 1 spiro atoms. The maximum absolute atomic E-state index is 12.0. The molecular weight excluding hydrogens is 322 g/mol. The fraction of sp³-hybridized carbons (Fsp3) is 0.278. The van der Waals surface area contributed by atoms with Crippen LogP contribution in [0.1, 0.15) is 6.42 Å². The van der Waals surface area contributed by atoms with Crippen molar-refractivity contribution in [1.82, 2.24) is 10.3 Å². The molecule has 3 heterocycles. The first kappa shape index (κ1) is 15.6. The van der Waals surface area contributed by atoms with Gasteiger partial charge in [-0.2, -0.15) is 0 Å². The summed E-state index contributed by atoms with van der Waals surface area (Å²) in [6.45, 7) is 1.45. The first-order valence-electron chi connectivity index (χ1n) is 8.13. The van der Waals surface area contributed by atoms with Gasteiger partial charge in [-0.25, -0.2) is 9.59 Å². The highest BCUT2D eigenvalue weighted by atomic mass is 16.8. The van der Waals surface area contributed by atoms with Crippen molar-refractivity contribution in [1.29, 1.82) is 0 Å². The molecule has 4 rings (SSSR count). The molecule has 0 bridgehead atoms. The Balaban J connectivity index is 1.80. The summed E-state index contributed by atoms with van der Waals surface area (Å²) in [6, 6.07) is 9.70. The van der Waals surface area contributed by atoms with E-state index in [0.717, 1.165) is 41.7 Å². The highest BCUT2D eigenvalue weighted by Crippen LogP contribution is 2.31. The minimum absolute atomic E-state index is 0.180. The minimum atomic E-state index is -1.53. The molecule has 1 fully saturated rings. The largest absolute Gasteiger partial charge is 0.399 e. The summed E-state index contributed by atoms with van der Waals surface area (Å²) in [4.78, 5) is 30.2. The molecule has 0 saturated carbocycles. The number of para-hydroxylation sites is 1. The number of hydrogen-bond donors (Lipinski definition) is 1. The van der Waals surface area contributed by atoms with Crippen LogP contribution in [0.25, 0.3) is 10.9 Å². The first-order valence-corrected chi connectivity index (χ1v) is 8.13. The Bertz CT molecular complexity index is 844. The highest BCUT2D eigenvalue weighted by molar-refractivity contribution is 5.93. The standard InChI is InChI=1S/C18H17N3O4/c22-16-6-7-17(23)25-18(24-16)12-19-8-3-9-21(18)14-10-13-4-1-2-5-15(13)20-11-14/h1-2,4-7,10-11,19H,3,8-9,12H2. The van der Waals surface area contributed by atoms with Crippen LogP contribution < -0.4 is 10.2 Å². The molecule has 7 heteroatoms. The topological polar surface area (TPSA) is 80.8 Å². The van der Waals surface area contributed by atoms with Gasteiger partial charge in [-0.15, -0.1) is 0 Å². The molecule has 2 aliphatic rings. The summed E-state index contributed by atoms with van der Waals surface area (Å²) in [5.41, 5.74) is 1.59. The number of esters is 2. The van der Waals surface area contributed by atoms with Crippen molar-refractivity contribution in [2.75, 3.05) is 24.5 Å². The van der Waals surface area contributed by atoms with Crippen LogP contribution in [-0.4, -0.2) is 42.5 Å². The molecule has 0 atom stereocenters. The van der Waals surface area contributed by atoms with E-state index in [-0.39, 0.29) is 6.54 Å². The molecule has 128 valence electrons. The van der Waals surface area contributed by atoms with Crippen LogP contribution in [-0.2, 0) is 19.1 Å². The Labute approximate surface area is 144 Å². The average molecular weight is 339 g/mol. The van der Waals surface area contributed by atoms with Gasteiger partial charge >= 0.3 is 17.8 Å². The SMILES string of the molecule is O=C1C=CC(=O)OC2(CNCCCN2c2cnc3ccccc3c2)O1. The molecule has 0 aliphatic carbocycles. The van der Waals surface area contributed by atoms with Crippen LogP contribution in [0.15, 0.2) is 48.7 Å². The van der Waals surface area contributed by atoms with Crippen molar-refractivity contribution in [2.24, 2.45) is 0 Å². The van der Waals surface area contributed by atoms with Gasteiger partial charge in [0.2, 0.25) is 0 Å². The van der Waals surface area contributed by atoms with Gasteiger partial charge in [0.25, 0.3) is 0 Å². The van der Waals surface area contributed by atoms with Crippen LogP contribution in [0.4, 0.5) is 5.69 Å². The predicted molar refractivity (Wildman–Crippen MR) is 90.6 cm³/mol. The van der Waals surface area contributed by atoms with Crippen LogP contribution >= 0.6 is 0 Å². The lowest BCUT2D eigenvalue weighted by Gasteiger charge is -2.40. The number of rotatable bonds is 1.